The predicted octanol–water partition coefficient (Wildman–Crippen LogP) is -6.40. The molecule has 3 aliphatic rings. The van der Waals surface area contributed by atoms with Crippen LogP contribution in [-0.4, -0.2) is 130 Å². The van der Waals surface area contributed by atoms with Crippen LogP contribution in [0.4, 0.5) is 0 Å². The minimum absolute atomic E-state index is 0.00513. The van der Waals surface area contributed by atoms with Gasteiger partial charge in [-0.05, 0) is 6.42 Å². The molecule has 2 heterocycles. The van der Waals surface area contributed by atoms with E-state index in [2.05, 4.69) is 0 Å². The second kappa shape index (κ2) is 10.8. The number of aliphatic hydroxyl groups excluding tert-OH is 6. The van der Waals surface area contributed by atoms with E-state index in [1.54, 1.807) is 0 Å². The Morgan fingerprint density at radius 3 is 1.88 bits per heavy atom. The van der Waals surface area contributed by atoms with Gasteiger partial charge in [-0.15, -0.1) is 0 Å². The first kappa shape index (κ1) is 26.1. The van der Waals surface area contributed by atoms with Crippen molar-refractivity contribution in [2.24, 2.45) is 28.9 Å². The summed E-state index contributed by atoms with van der Waals surface area (Å²) in [6, 6.07) is -1.54. The van der Waals surface area contributed by atoms with Crippen molar-refractivity contribution in [2.45, 2.75) is 86.0 Å². The van der Waals surface area contributed by atoms with Crippen LogP contribution in [0.2, 0.25) is 0 Å². The highest BCUT2D eigenvalue weighted by Gasteiger charge is 2.50. The fourth-order valence-corrected chi connectivity index (χ4v) is 4.43. The Bertz CT molecular complexity index is 606. The third-order valence-electron chi connectivity index (χ3n) is 6.46. The third-order valence-corrected chi connectivity index (χ3v) is 6.46. The van der Waals surface area contributed by atoms with E-state index in [9.17, 15) is 30.6 Å². The van der Waals surface area contributed by atoms with Crippen LogP contribution in [0.15, 0.2) is 0 Å². The molecule has 14 N–H and O–H groups in total. The van der Waals surface area contributed by atoms with Crippen LogP contribution >= 0.6 is 0 Å². The van der Waals surface area contributed by atoms with Gasteiger partial charge in [0.15, 0.2) is 12.6 Å². The minimum atomic E-state index is -1.63. The molecule has 188 valence electrons. The van der Waals surface area contributed by atoms with Gasteiger partial charge in [0.25, 0.3) is 0 Å². The van der Waals surface area contributed by atoms with Gasteiger partial charge >= 0.3 is 0 Å². The van der Waals surface area contributed by atoms with E-state index in [1.807, 2.05) is 0 Å². The first-order chi connectivity index (χ1) is 15.1. The Morgan fingerprint density at radius 2 is 1.31 bits per heavy atom. The molecule has 3 rings (SSSR count). The van der Waals surface area contributed by atoms with Crippen LogP contribution in [0, 0.1) is 5.92 Å². The van der Waals surface area contributed by atoms with Crippen molar-refractivity contribution >= 4 is 0 Å². The Labute approximate surface area is 185 Å². The fraction of sp³-hybridized carbons (Fsp3) is 1.00. The maximum atomic E-state index is 10.9. The summed E-state index contributed by atoms with van der Waals surface area (Å²) in [6.07, 6.45) is -14.0. The number of rotatable bonds is 6. The molecule has 0 aromatic carbocycles. The van der Waals surface area contributed by atoms with Crippen LogP contribution < -0.4 is 22.9 Å². The van der Waals surface area contributed by atoms with Gasteiger partial charge in [0.2, 0.25) is 0 Å². The molecule has 0 aromatic heterocycles. The normalized spacial score (nSPS) is 52.7. The topological polar surface area (TPSA) is 262 Å². The maximum absolute atomic E-state index is 10.9. The summed E-state index contributed by atoms with van der Waals surface area (Å²) < 4.78 is 22.3. The Morgan fingerprint density at radius 1 is 0.719 bits per heavy atom. The zero-order chi connectivity index (χ0) is 23.7. The highest BCUT2D eigenvalue weighted by molar-refractivity contribution is 5.00. The molecule has 14 heteroatoms. The lowest BCUT2D eigenvalue weighted by molar-refractivity contribution is -0.328. The van der Waals surface area contributed by atoms with E-state index < -0.39 is 85.5 Å². The molecule has 0 amide bonds. The average Bonchev–Trinajstić information content (AvgIpc) is 2.75. The summed E-state index contributed by atoms with van der Waals surface area (Å²) in [4.78, 5) is 0. The van der Waals surface area contributed by atoms with Gasteiger partial charge in [-0.1, -0.05) is 0 Å². The summed E-state index contributed by atoms with van der Waals surface area (Å²) >= 11 is 0. The van der Waals surface area contributed by atoms with Gasteiger partial charge in [0.1, 0.15) is 48.8 Å². The number of nitrogens with two attached hydrogens (primary N) is 4. The summed E-state index contributed by atoms with van der Waals surface area (Å²) in [5.41, 5.74) is 23.4. The number of hydrogen-bond acceptors (Lipinski definition) is 14. The molecule has 2 aliphatic heterocycles. The summed E-state index contributed by atoms with van der Waals surface area (Å²) in [6.45, 7) is -0.273. The predicted molar refractivity (Wildman–Crippen MR) is 106 cm³/mol. The highest BCUT2D eigenvalue weighted by atomic mass is 16.7. The summed E-state index contributed by atoms with van der Waals surface area (Å²) in [5.74, 6) is -0.688. The first-order valence-corrected chi connectivity index (χ1v) is 10.7. The highest BCUT2D eigenvalue weighted by Crippen LogP contribution is 2.31. The van der Waals surface area contributed by atoms with Crippen molar-refractivity contribution in [2.75, 3.05) is 19.7 Å². The van der Waals surface area contributed by atoms with Crippen molar-refractivity contribution in [1.29, 1.82) is 0 Å². The molecular weight excluding hydrogens is 432 g/mol. The summed E-state index contributed by atoms with van der Waals surface area (Å²) in [7, 11) is 0. The lowest BCUT2D eigenvalue weighted by Crippen LogP contribution is -2.67. The van der Waals surface area contributed by atoms with Crippen LogP contribution in [0.25, 0.3) is 0 Å². The minimum Gasteiger partial charge on any atom is -0.390 e. The van der Waals surface area contributed by atoms with Gasteiger partial charge in [0.05, 0.1) is 12.7 Å². The Hall–Kier alpha value is -0.560. The van der Waals surface area contributed by atoms with E-state index in [-0.39, 0.29) is 26.1 Å². The van der Waals surface area contributed by atoms with E-state index in [0.717, 1.165) is 0 Å². The van der Waals surface area contributed by atoms with Crippen molar-refractivity contribution in [1.82, 2.24) is 0 Å². The Balaban J connectivity index is 1.70. The molecule has 5 unspecified atom stereocenters. The monoisotopic (exact) mass is 468 g/mol. The molecule has 3 fully saturated rings. The zero-order valence-electron chi connectivity index (χ0n) is 17.5. The molecule has 0 aromatic rings. The van der Waals surface area contributed by atoms with Crippen molar-refractivity contribution < 1.29 is 49.6 Å². The van der Waals surface area contributed by atoms with E-state index in [1.165, 1.54) is 0 Å². The van der Waals surface area contributed by atoms with Crippen molar-refractivity contribution in [3.05, 3.63) is 0 Å². The zero-order valence-corrected chi connectivity index (χ0v) is 17.5. The van der Waals surface area contributed by atoms with Crippen LogP contribution in [0.5, 0.6) is 0 Å². The molecule has 2 saturated heterocycles. The smallest absolute Gasteiger partial charge is 0.187 e. The van der Waals surface area contributed by atoms with Crippen LogP contribution in [0.3, 0.4) is 0 Å². The van der Waals surface area contributed by atoms with Crippen LogP contribution in [-0.2, 0) is 18.9 Å². The molecule has 0 radical (unpaired) electrons. The molecule has 0 bridgehead atoms. The lowest BCUT2D eigenvalue weighted by atomic mass is 9.84. The van der Waals surface area contributed by atoms with Crippen LogP contribution in [0.1, 0.15) is 6.42 Å². The standard InChI is InChI=1S/C18H36N4O10/c19-2-5-8(23)4-29-17(10(5)24)31-15-6(21)1-7(22)16(14(15)28)32-18-13(27)12(26)11(25)9(3-20)30-18/h5-18,23-28H,1-4,19-22H2/t5-,6-,7?,8+,9?,10?,11-,12?,13+,14?,15-,16-,17-,18-/m1/s1. The lowest BCUT2D eigenvalue weighted by Gasteiger charge is -2.47. The molecule has 0 spiro atoms. The van der Waals surface area contributed by atoms with Gasteiger partial charge in [-0.25, -0.2) is 0 Å². The van der Waals surface area contributed by atoms with Gasteiger partial charge in [0, 0.05) is 31.1 Å². The molecular formula is C18H36N4O10. The molecule has 14 atom stereocenters. The number of aliphatic hydroxyl groups is 6. The van der Waals surface area contributed by atoms with E-state index in [4.69, 9.17) is 41.9 Å². The quantitative estimate of drug-likeness (QED) is 0.174. The molecule has 1 aliphatic carbocycles. The van der Waals surface area contributed by atoms with Crippen molar-refractivity contribution in [3.63, 3.8) is 0 Å². The van der Waals surface area contributed by atoms with Gasteiger partial charge < -0.3 is 72.5 Å². The largest absolute Gasteiger partial charge is 0.390 e. The van der Waals surface area contributed by atoms with E-state index >= 15 is 0 Å². The second-order valence-corrected chi connectivity index (χ2v) is 8.67. The van der Waals surface area contributed by atoms with E-state index in [0.29, 0.717) is 0 Å². The second-order valence-electron chi connectivity index (χ2n) is 8.67. The Kier molecular flexibility index (Phi) is 8.79. The molecule has 14 nitrogen and oxygen atoms in total. The summed E-state index contributed by atoms with van der Waals surface area (Å²) in [5, 5.41) is 61.5. The maximum Gasteiger partial charge on any atom is 0.187 e. The van der Waals surface area contributed by atoms with Gasteiger partial charge in [-0.2, -0.15) is 0 Å². The first-order valence-electron chi connectivity index (χ1n) is 10.7. The molecule has 1 saturated carbocycles. The third kappa shape index (κ3) is 5.08. The van der Waals surface area contributed by atoms with Gasteiger partial charge in [-0.3, -0.25) is 0 Å². The fourth-order valence-electron chi connectivity index (χ4n) is 4.43. The van der Waals surface area contributed by atoms with Crippen molar-refractivity contribution in [3.8, 4) is 0 Å². The number of ether oxygens (including phenoxy) is 4. The molecule has 32 heavy (non-hydrogen) atoms. The number of hydrogen-bond donors (Lipinski definition) is 10. The SMILES string of the molecule is NCC1O[C@H](O[C@@H]2C(N)C[C@@H](N)[C@@H](O[C@H]3OC[C@H](O)[C@@H](CN)C3O)C2O)[C@@H](O)C(O)[C@@H]1O. The average molecular weight is 469 g/mol.